The highest BCUT2D eigenvalue weighted by molar-refractivity contribution is 5.93. The summed E-state index contributed by atoms with van der Waals surface area (Å²) in [4.78, 5) is 32.8. The van der Waals surface area contributed by atoms with Crippen LogP contribution in [0, 0.1) is 5.92 Å². The van der Waals surface area contributed by atoms with Gasteiger partial charge in [0.2, 0.25) is 5.91 Å². The molecule has 0 radical (unpaired) electrons. The molecule has 0 aliphatic rings. The first-order chi connectivity index (χ1) is 15.0. The number of H-pyrrole nitrogens is 2. The predicted molar refractivity (Wildman–Crippen MR) is 117 cm³/mol. The van der Waals surface area contributed by atoms with Crippen LogP contribution in [0.25, 0.3) is 44.7 Å². The molecular weight excluding hydrogens is 392 g/mol. The molecule has 0 saturated carbocycles. The monoisotopic (exact) mass is 412 g/mol. The Hall–Kier alpha value is -4.14. The summed E-state index contributed by atoms with van der Waals surface area (Å²) < 4.78 is 0. The van der Waals surface area contributed by atoms with Gasteiger partial charge in [-0.2, -0.15) is 5.10 Å². The number of hydrogen-bond acceptors (Lipinski definition) is 6. The second-order valence-corrected chi connectivity index (χ2v) is 7.80. The maximum absolute atomic E-state index is 12.0. The number of aromatic amines is 2. The number of nitrogens with one attached hydrogen (secondary N) is 2. The largest absolute Gasteiger partial charge is 0.369 e. The smallest absolute Gasteiger partial charge is 0.225 e. The third-order valence-corrected chi connectivity index (χ3v) is 5.35. The fraction of sp³-hybridized carbons (Fsp3) is 0.182. The third-order valence-electron chi connectivity index (χ3n) is 5.35. The topological polar surface area (TPSA) is 139 Å². The predicted octanol–water partition coefficient (Wildman–Crippen LogP) is 3.18. The van der Waals surface area contributed by atoms with Crippen molar-refractivity contribution in [3.8, 4) is 22.6 Å². The van der Waals surface area contributed by atoms with Gasteiger partial charge in [-0.05, 0) is 29.7 Å². The summed E-state index contributed by atoms with van der Waals surface area (Å²) in [6.07, 6.45) is 8.61. The summed E-state index contributed by atoms with van der Waals surface area (Å²) in [7, 11) is 0. The first kappa shape index (κ1) is 18.9. The zero-order valence-electron chi connectivity index (χ0n) is 17.0. The van der Waals surface area contributed by atoms with E-state index in [4.69, 9.17) is 5.73 Å². The van der Waals surface area contributed by atoms with Gasteiger partial charge in [-0.1, -0.05) is 13.8 Å². The average molecular weight is 412 g/mol. The van der Waals surface area contributed by atoms with Gasteiger partial charge in [-0.15, -0.1) is 0 Å². The Bertz CT molecular complexity index is 1380. The molecule has 0 aromatic carbocycles. The van der Waals surface area contributed by atoms with Gasteiger partial charge in [0.05, 0.1) is 28.5 Å². The van der Waals surface area contributed by atoms with Gasteiger partial charge >= 0.3 is 0 Å². The Kier molecular flexibility index (Phi) is 4.43. The van der Waals surface area contributed by atoms with E-state index in [2.05, 4.69) is 35.1 Å². The van der Waals surface area contributed by atoms with E-state index in [0.29, 0.717) is 11.5 Å². The zero-order chi connectivity index (χ0) is 21.5. The second-order valence-electron chi connectivity index (χ2n) is 7.80. The zero-order valence-corrected chi connectivity index (χ0v) is 17.0. The third kappa shape index (κ3) is 3.29. The van der Waals surface area contributed by atoms with Gasteiger partial charge in [-0.3, -0.25) is 19.9 Å². The van der Waals surface area contributed by atoms with E-state index >= 15 is 0 Å². The lowest BCUT2D eigenvalue weighted by Crippen LogP contribution is -2.25. The molecule has 5 heterocycles. The Morgan fingerprint density at radius 1 is 1.06 bits per heavy atom. The van der Waals surface area contributed by atoms with E-state index in [1.165, 1.54) is 0 Å². The molecule has 5 aromatic heterocycles. The van der Waals surface area contributed by atoms with Crippen LogP contribution in [-0.4, -0.2) is 41.0 Å². The Balaban J connectivity index is 1.60. The van der Waals surface area contributed by atoms with E-state index in [-0.39, 0.29) is 11.8 Å². The second kappa shape index (κ2) is 7.28. The van der Waals surface area contributed by atoms with Crippen LogP contribution >= 0.6 is 0 Å². The van der Waals surface area contributed by atoms with Crippen LogP contribution in [-0.2, 0) is 4.79 Å². The molecule has 5 aromatic rings. The van der Waals surface area contributed by atoms with E-state index in [1.54, 1.807) is 31.0 Å². The first-order valence-electron chi connectivity index (χ1n) is 9.90. The molecule has 1 atom stereocenters. The number of amides is 1. The molecular formula is C22H20N8O. The average Bonchev–Trinajstić information content (AvgIpc) is 3.36. The molecule has 4 N–H and O–H groups in total. The van der Waals surface area contributed by atoms with Crippen LogP contribution in [0.5, 0.6) is 0 Å². The molecule has 0 spiro atoms. The SMILES string of the molecule is CC(C)C(C(N)=O)c1cncc(-c2cnc3n[nH]c(-c4nc5ccncc5[nH]4)c3c2)c1. The normalized spacial score (nSPS) is 12.6. The van der Waals surface area contributed by atoms with Gasteiger partial charge in [0.25, 0.3) is 0 Å². The highest BCUT2D eigenvalue weighted by Crippen LogP contribution is 2.31. The van der Waals surface area contributed by atoms with Crippen LogP contribution in [0.3, 0.4) is 0 Å². The Labute approximate surface area is 177 Å². The number of pyridine rings is 3. The van der Waals surface area contributed by atoms with Crippen molar-refractivity contribution in [3.63, 3.8) is 0 Å². The molecule has 0 aliphatic carbocycles. The van der Waals surface area contributed by atoms with Crippen molar-refractivity contribution in [2.24, 2.45) is 11.7 Å². The molecule has 0 aliphatic heterocycles. The summed E-state index contributed by atoms with van der Waals surface area (Å²) in [6.45, 7) is 3.94. The van der Waals surface area contributed by atoms with Crippen molar-refractivity contribution in [2.75, 3.05) is 0 Å². The Morgan fingerprint density at radius 2 is 1.90 bits per heavy atom. The number of carbonyl (C=O) groups excluding carboxylic acids is 1. The quantitative estimate of drug-likeness (QED) is 0.405. The number of nitrogens with two attached hydrogens (primary N) is 1. The molecule has 1 unspecified atom stereocenters. The van der Waals surface area contributed by atoms with Crippen LogP contribution in [0.2, 0.25) is 0 Å². The van der Waals surface area contributed by atoms with Crippen molar-refractivity contribution in [1.29, 1.82) is 0 Å². The minimum absolute atomic E-state index is 0.0678. The van der Waals surface area contributed by atoms with Crippen LogP contribution in [0.4, 0.5) is 0 Å². The molecule has 1 amide bonds. The maximum atomic E-state index is 12.0. The van der Waals surface area contributed by atoms with Gasteiger partial charge in [0.15, 0.2) is 11.5 Å². The van der Waals surface area contributed by atoms with Crippen molar-refractivity contribution >= 4 is 28.0 Å². The molecule has 5 rings (SSSR count). The number of rotatable bonds is 5. The number of hydrogen-bond donors (Lipinski definition) is 3. The number of nitrogens with zero attached hydrogens (tertiary/aromatic N) is 5. The van der Waals surface area contributed by atoms with E-state index in [9.17, 15) is 4.79 Å². The number of aromatic nitrogens is 7. The lowest BCUT2D eigenvalue weighted by Gasteiger charge is -2.18. The van der Waals surface area contributed by atoms with Crippen molar-refractivity contribution in [1.82, 2.24) is 35.1 Å². The van der Waals surface area contributed by atoms with Gasteiger partial charge in [-0.25, -0.2) is 9.97 Å². The lowest BCUT2D eigenvalue weighted by molar-refractivity contribution is -0.120. The number of fused-ring (bicyclic) bond motifs is 2. The standard InChI is InChI=1S/C22H20N8O/c1-11(2)18(20(23)31)14-5-12(7-25-8-14)13-6-15-19(29-30-21(15)26-9-13)22-27-16-3-4-24-10-17(16)28-22/h3-11,18H,1-2H3,(H2,23,31)(H,27,28)(H,26,29,30). The van der Waals surface area contributed by atoms with E-state index in [0.717, 1.165) is 38.8 Å². The molecule has 0 fully saturated rings. The molecule has 31 heavy (non-hydrogen) atoms. The summed E-state index contributed by atoms with van der Waals surface area (Å²) in [5, 5.41) is 8.15. The first-order valence-corrected chi connectivity index (χ1v) is 9.90. The summed E-state index contributed by atoms with van der Waals surface area (Å²) in [5.41, 5.74) is 11.1. The van der Waals surface area contributed by atoms with Gasteiger partial charge in [0.1, 0.15) is 5.69 Å². The number of primary amides is 1. The van der Waals surface area contributed by atoms with Gasteiger partial charge in [0, 0.05) is 35.9 Å². The molecule has 154 valence electrons. The Morgan fingerprint density at radius 3 is 2.68 bits per heavy atom. The van der Waals surface area contributed by atoms with Crippen molar-refractivity contribution < 1.29 is 4.79 Å². The highest BCUT2D eigenvalue weighted by Gasteiger charge is 2.22. The molecule has 0 bridgehead atoms. The fourth-order valence-corrected chi connectivity index (χ4v) is 3.88. The van der Waals surface area contributed by atoms with E-state index < -0.39 is 5.92 Å². The van der Waals surface area contributed by atoms with Crippen LogP contribution in [0.1, 0.15) is 25.3 Å². The minimum atomic E-state index is -0.405. The summed E-state index contributed by atoms with van der Waals surface area (Å²) in [6, 6.07) is 5.78. The van der Waals surface area contributed by atoms with E-state index in [1.807, 2.05) is 32.0 Å². The number of imidazole rings is 1. The van der Waals surface area contributed by atoms with Gasteiger partial charge < -0.3 is 10.7 Å². The number of carbonyl (C=O) groups is 1. The highest BCUT2D eigenvalue weighted by atomic mass is 16.1. The van der Waals surface area contributed by atoms with Crippen molar-refractivity contribution in [3.05, 3.63) is 54.7 Å². The fourth-order valence-electron chi connectivity index (χ4n) is 3.88. The van der Waals surface area contributed by atoms with Crippen molar-refractivity contribution in [2.45, 2.75) is 19.8 Å². The minimum Gasteiger partial charge on any atom is -0.369 e. The molecule has 9 nitrogen and oxygen atoms in total. The lowest BCUT2D eigenvalue weighted by atomic mass is 9.88. The summed E-state index contributed by atoms with van der Waals surface area (Å²) in [5.74, 6) is -0.0417. The molecule has 9 heteroatoms. The van der Waals surface area contributed by atoms with Crippen LogP contribution in [0.15, 0.2) is 49.2 Å². The molecule has 0 saturated heterocycles. The summed E-state index contributed by atoms with van der Waals surface area (Å²) >= 11 is 0. The maximum Gasteiger partial charge on any atom is 0.225 e. The van der Waals surface area contributed by atoms with Crippen LogP contribution < -0.4 is 5.73 Å².